The van der Waals surface area contributed by atoms with Gasteiger partial charge in [-0.15, -0.1) is 0 Å². The zero-order valence-electron chi connectivity index (χ0n) is 19.1. The van der Waals surface area contributed by atoms with Gasteiger partial charge in [-0.25, -0.2) is 4.79 Å². The lowest BCUT2D eigenvalue weighted by molar-refractivity contribution is -0.484. The predicted molar refractivity (Wildman–Crippen MR) is 79.0 cm³/mol. The number of rotatable bonds is 12. The van der Waals surface area contributed by atoms with Crippen molar-refractivity contribution in [3.8, 4) is 0 Å². The Morgan fingerprint density at radius 1 is 0.295 bits per heavy atom. The minimum atomic E-state index is -9.86. The van der Waals surface area contributed by atoms with Crippen LogP contribution in [0.5, 0.6) is 0 Å². The van der Waals surface area contributed by atoms with Gasteiger partial charge in [0.05, 0.1) is 0 Å². The van der Waals surface area contributed by atoms with E-state index in [0.29, 0.717) is 0 Å². The van der Waals surface area contributed by atoms with Gasteiger partial charge in [-0.3, -0.25) is 0 Å². The highest BCUT2D eigenvalue weighted by Crippen LogP contribution is 2.68. The minimum absolute atomic E-state index is 0. The van der Waals surface area contributed by atoms with E-state index < -0.39 is 83.2 Å². The lowest BCUT2D eigenvalue weighted by atomic mass is 9.84. The Hall–Kier alpha value is -2.46. The molecule has 30 heteroatoms. The molecule has 0 atom stereocenters. The largest absolute Gasteiger partial charge is 0.477 e. The number of quaternary nitrogens is 1. The number of halogens is 27. The Labute approximate surface area is 219 Å². The Kier molecular flexibility index (Phi) is 10.2. The molecule has 3 nitrogen and oxygen atoms in total. The normalized spacial score (nSPS) is 16.5. The van der Waals surface area contributed by atoms with Gasteiger partial charge >= 0.3 is 83.2 Å². The van der Waals surface area contributed by atoms with Crippen LogP contribution in [-0.4, -0.2) is 88.3 Å². The second kappa shape index (κ2) is 10.3. The molecule has 0 aliphatic carbocycles. The maximum atomic E-state index is 13.5. The van der Waals surface area contributed by atoms with Crippen LogP contribution in [-0.2, 0) is 4.79 Å². The highest BCUT2D eigenvalue weighted by atomic mass is 19.4. The monoisotopic (exact) mass is 732 g/mol. The molecule has 0 heterocycles. The average Bonchev–Trinajstić information content (AvgIpc) is 2.76. The number of carbonyl (C=O) groups is 1. The summed E-state index contributed by atoms with van der Waals surface area (Å²) in [6, 6.07) is 0. The summed E-state index contributed by atoms with van der Waals surface area (Å²) < 4.78 is 354. The van der Waals surface area contributed by atoms with Crippen molar-refractivity contribution < 1.29 is 128 Å². The molecule has 266 valence electrons. The van der Waals surface area contributed by atoms with Crippen molar-refractivity contribution in [2.45, 2.75) is 77.2 Å². The molecule has 0 rings (SSSR count). The van der Waals surface area contributed by atoms with E-state index in [1.54, 1.807) is 0 Å². The smallest absolute Gasteiger partial charge is 0.460 e. The molecule has 0 unspecified atom stereocenters. The fourth-order valence-corrected chi connectivity index (χ4v) is 2.28. The highest BCUT2D eigenvalue weighted by Gasteiger charge is 3.00. The first-order valence-corrected chi connectivity index (χ1v) is 8.78. The van der Waals surface area contributed by atoms with Crippen molar-refractivity contribution in [3.63, 3.8) is 0 Å². The van der Waals surface area contributed by atoms with E-state index in [0.717, 1.165) is 0 Å². The third kappa shape index (κ3) is 4.72. The molecule has 0 saturated heterocycles. The van der Waals surface area contributed by atoms with E-state index in [1.807, 2.05) is 0 Å². The molecular formula is C14H5F27NO2+. The van der Waals surface area contributed by atoms with Gasteiger partial charge in [0, 0.05) is 0 Å². The van der Waals surface area contributed by atoms with E-state index in [-0.39, 0.29) is 6.15 Å². The number of alkyl halides is 27. The number of carboxylic acid groups (broad SMARTS) is 1. The summed E-state index contributed by atoms with van der Waals surface area (Å²) >= 11 is 0. The van der Waals surface area contributed by atoms with Crippen molar-refractivity contribution in [3.05, 3.63) is 0 Å². The molecule has 0 aliphatic heterocycles. The van der Waals surface area contributed by atoms with Gasteiger partial charge in [0.2, 0.25) is 0 Å². The fourth-order valence-electron chi connectivity index (χ4n) is 2.28. The summed E-state index contributed by atoms with van der Waals surface area (Å²) in [5, 5.41) is 7.64. The van der Waals surface area contributed by atoms with E-state index in [1.165, 1.54) is 0 Å². The molecule has 0 fully saturated rings. The SMILES string of the molecule is O=C(O)C(F)(F)C(F)(F)C(F)(F)C(F)(F)C(F)(F)C(F)(F)C(F)(F)C(F)(F)C(F)(F)C(F)(F)C(F)(F)C(F)(F)C(F)(F)F.[NH4+]. The average molecular weight is 732 g/mol. The Balaban J connectivity index is 0. The first kappa shape index (κ1) is 43.7. The minimum Gasteiger partial charge on any atom is -0.477 e. The topological polar surface area (TPSA) is 73.8 Å². The standard InChI is InChI=1S/C14HF27O2.H3N/c15-2(16,1(42)43)3(17,18)4(19,20)5(21,22)6(23,24)7(25,26)8(27,28)9(29,30)10(31,32)11(33,34)12(35,36)13(37,38)14(39,40)41;/h(H,42,43);1H3/p+1. The number of carboxylic acids is 1. The predicted octanol–water partition coefficient (Wildman–Crippen LogP) is 8.63. The van der Waals surface area contributed by atoms with Crippen LogP contribution in [0, 0.1) is 0 Å². The van der Waals surface area contributed by atoms with E-state index >= 15 is 0 Å². The van der Waals surface area contributed by atoms with Crippen LogP contribution >= 0.6 is 0 Å². The summed E-state index contributed by atoms with van der Waals surface area (Å²) in [6.45, 7) is 0. The van der Waals surface area contributed by atoms with E-state index in [2.05, 4.69) is 0 Å². The Bertz CT molecular complexity index is 1070. The molecule has 44 heavy (non-hydrogen) atoms. The number of hydrogen-bond acceptors (Lipinski definition) is 1. The molecule has 0 aromatic heterocycles. The van der Waals surface area contributed by atoms with Crippen LogP contribution in [0.2, 0.25) is 0 Å². The van der Waals surface area contributed by atoms with Gasteiger partial charge in [0.1, 0.15) is 0 Å². The van der Waals surface area contributed by atoms with Crippen LogP contribution < -0.4 is 6.15 Å². The summed E-state index contributed by atoms with van der Waals surface area (Å²) in [6.07, 6.45) is -8.26. The van der Waals surface area contributed by atoms with Crippen molar-refractivity contribution in [1.82, 2.24) is 6.15 Å². The van der Waals surface area contributed by atoms with E-state index in [9.17, 15) is 123 Å². The molecule has 0 spiro atoms. The molecule has 0 aromatic rings. The molecule has 0 aliphatic rings. The van der Waals surface area contributed by atoms with Crippen molar-refractivity contribution >= 4 is 5.97 Å². The number of hydrogen-bond donors (Lipinski definition) is 2. The molecule has 0 bridgehead atoms. The first-order valence-electron chi connectivity index (χ1n) is 8.78. The van der Waals surface area contributed by atoms with Crippen LogP contribution in [0.1, 0.15) is 0 Å². The highest BCUT2D eigenvalue weighted by molar-refractivity contribution is 5.77. The van der Waals surface area contributed by atoms with Crippen molar-refractivity contribution in [2.75, 3.05) is 0 Å². The molecule has 0 saturated carbocycles. The Morgan fingerprint density at radius 2 is 0.432 bits per heavy atom. The third-order valence-electron chi connectivity index (χ3n) is 4.96. The Morgan fingerprint density at radius 3 is 0.568 bits per heavy atom. The van der Waals surface area contributed by atoms with E-state index in [4.69, 9.17) is 5.11 Å². The molecular weight excluding hydrogens is 727 g/mol. The summed E-state index contributed by atoms with van der Waals surface area (Å²) in [5.41, 5.74) is 0. The molecule has 0 amide bonds. The van der Waals surface area contributed by atoms with Gasteiger partial charge in [-0.2, -0.15) is 119 Å². The second-order valence-electron chi connectivity index (χ2n) is 7.70. The number of aliphatic carboxylic acids is 1. The van der Waals surface area contributed by atoms with Crippen LogP contribution in [0.4, 0.5) is 119 Å². The third-order valence-corrected chi connectivity index (χ3v) is 4.96. The fraction of sp³-hybridized carbons (Fsp3) is 0.929. The molecule has 0 radical (unpaired) electrons. The first-order chi connectivity index (χ1) is 17.9. The lowest BCUT2D eigenvalue weighted by Crippen LogP contribution is -2.79. The molecule has 5 N–H and O–H groups in total. The van der Waals surface area contributed by atoms with Crippen LogP contribution in [0.25, 0.3) is 0 Å². The van der Waals surface area contributed by atoms with Gasteiger partial charge in [0.15, 0.2) is 0 Å². The zero-order valence-corrected chi connectivity index (χ0v) is 19.1. The summed E-state index contributed by atoms with van der Waals surface area (Å²) in [7, 11) is 0. The summed E-state index contributed by atoms with van der Waals surface area (Å²) in [5.74, 6) is -116. The lowest BCUT2D eigenvalue weighted by Gasteiger charge is -2.45. The zero-order chi connectivity index (χ0) is 36.1. The van der Waals surface area contributed by atoms with Gasteiger partial charge < -0.3 is 11.3 Å². The second-order valence-corrected chi connectivity index (χ2v) is 7.70. The van der Waals surface area contributed by atoms with Crippen LogP contribution in [0.3, 0.4) is 0 Å². The van der Waals surface area contributed by atoms with Crippen molar-refractivity contribution in [1.29, 1.82) is 0 Å². The van der Waals surface area contributed by atoms with Gasteiger partial charge in [-0.05, 0) is 0 Å². The summed E-state index contributed by atoms with van der Waals surface area (Å²) in [4.78, 5) is 9.89. The maximum Gasteiger partial charge on any atom is 0.460 e. The maximum absolute atomic E-state index is 13.5. The van der Waals surface area contributed by atoms with Crippen LogP contribution in [0.15, 0.2) is 0 Å². The van der Waals surface area contributed by atoms with Gasteiger partial charge in [0.25, 0.3) is 0 Å². The quantitative estimate of drug-likeness (QED) is 0.197. The van der Waals surface area contributed by atoms with Crippen molar-refractivity contribution in [2.24, 2.45) is 0 Å². The molecule has 0 aromatic carbocycles. The van der Waals surface area contributed by atoms with Gasteiger partial charge in [-0.1, -0.05) is 0 Å².